The molecule has 4 unspecified atom stereocenters. The van der Waals surface area contributed by atoms with Gasteiger partial charge in [-0.15, -0.1) is 0 Å². The summed E-state index contributed by atoms with van der Waals surface area (Å²) in [5.41, 5.74) is 0. The lowest BCUT2D eigenvalue weighted by atomic mass is 10.0. The molecule has 2 fully saturated rings. The zero-order valence-corrected chi connectivity index (χ0v) is 12.4. The van der Waals surface area contributed by atoms with E-state index in [1.807, 2.05) is 0 Å². The van der Waals surface area contributed by atoms with Crippen LogP contribution in [0, 0.1) is 0 Å². The van der Waals surface area contributed by atoms with E-state index in [-0.39, 0.29) is 26.4 Å². The second-order valence-corrected chi connectivity index (χ2v) is 5.72. The van der Waals surface area contributed by atoms with Crippen LogP contribution in [0.3, 0.4) is 0 Å². The monoisotopic (exact) mass is 333 g/mol. The number of ether oxygens (including phenoxy) is 3. The van der Waals surface area contributed by atoms with Crippen LogP contribution in [0.5, 0.6) is 0 Å². The van der Waals surface area contributed by atoms with Crippen molar-refractivity contribution in [3.05, 3.63) is 0 Å². The molecule has 0 amide bonds. The Morgan fingerprint density at radius 2 is 1.73 bits per heavy atom. The van der Waals surface area contributed by atoms with E-state index in [0.717, 1.165) is 4.90 Å². The third kappa shape index (κ3) is 3.87. The van der Waals surface area contributed by atoms with Crippen molar-refractivity contribution in [2.45, 2.75) is 50.3 Å². The van der Waals surface area contributed by atoms with Gasteiger partial charge in [-0.2, -0.15) is 13.2 Å². The van der Waals surface area contributed by atoms with E-state index in [1.165, 1.54) is 13.8 Å². The first kappa shape index (κ1) is 17.8. The molecular weight excluding hydrogens is 313 g/mol. The van der Waals surface area contributed by atoms with Crippen LogP contribution in [0.2, 0.25) is 0 Å². The van der Waals surface area contributed by atoms with Crippen LogP contribution in [0.4, 0.5) is 22.0 Å². The molecule has 2 aliphatic rings. The Balaban J connectivity index is 2.07. The lowest BCUT2D eigenvalue weighted by molar-refractivity contribution is -0.268. The molecule has 4 nitrogen and oxygen atoms in total. The van der Waals surface area contributed by atoms with Gasteiger partial charge < -0.3 is 14.2 Å². The van der Waals surface area contributed by atoms with Gasteiger partial charge in [-0.25, -0.2) is 8.78 Å². The minimum atomic E-state index is -4.58. The van der Waals surface area contributed by atoms with Crippen LogP contribution in [0.1, 0.15) is 13.8 Å². The summed E-state index contributed by atoms with van der Waals surface area (Å²) >= 11 is 0. The molecule has 0 spiro atoms. The third-order valence-corrected chi connectivity index (χ3v) is 4.00. The third-order valence-electron chi connectivity index (χ3n) is 4.00. The van der Waals surface area contributed by atoms with Gasteiger partial charge in [0, 0.05) is 13.1 Å². The van der Waals surface area contributed by atoms with E-state index in [1.54, 1.807) is 0 Å². The SMILES string of the molecule is CC1CN(C(C)C(F)(F)C2COCCO2)CC(C(F)(F)F)O1. The predicted molar refractivity (Wildman–Crippen MR) is 66.9 cm³/mol. The maximum absolute atomic E-state index is 14.5. The first-order valence-corrected chi connectivity index (χ1v) is 7.15. The van der Waals surface area contributed by atoms with Crippen LogP contribution in [-0.2, 0) is 14.2 Å². The minimum Gasteiger partial charge on any atom is -0.376 e. The second kappa shape index (κ2) is 6.54. The van der Waals surface area contributed by atoms with Gasteiger partial charge in [0.2, 0.25) is 0 Å². The zero-order valence-electron chi connectivity index (χ0n) is 12.4. The first-order valence-electron chi connectivity index (χ1n) is 7.15. The second-order valence-electron chi connectivity index (χ2n) is 5.72. The van der Waals surface area contributed by atoms with Crippen LogP contribution < -0.4 is 0 Å². The maximum atomic E-state index is 14.5. The average molecular weight is 333 g/mol. The van der Waals surface area contributed by atoms with Crippen molar-refractivity contribution in [2.75, 3.05) is 32.9 Å². The Labute approximate surface area is 125 Å². The largest absolute Gasteiger partial charge is 0.415 e. The number of hydrogen-bond donors (Lipinski definition) is 0. The fourth-order valence-electron chi connectivity index (χ4n) is 2.70. The van der Waals surface area contributed by atoms with Crippen molar-refractivity contribution in [3.8, 4) is 0 Å². The summed E-state index contributed by atoms with van der Waals surface area (Å²) in [5.74, 6) is -3.31. The predicted octanol–water partition coefficient (Wildman–Crippen LogP) is 2.08. The average Bonchev–Trinajstić information content (AvgIpc) is 2.45. The van der Waals surface area contributed by atoms with E-state index in [9.17, 15) is 22.0 Å². The Hall–Kier alpha value is -0.510. The van der Waals surface area contributed by atoms with Crippen molar-refractivity contribution in [3.63, 3.8) is 0 Å². The van der Waals surface area contributed by atoms with Gasteiger partial charge in [-0.1, -0.05) is 0 Å². The van der Waals surface area contributed by atoms with E-state index < -0.39 is 43.0 Å². The highest BCUT2D eigenvalue weighted by atomic mass is 19.4. The standard InChI is InChI=1S/C13H20F5NO3/c1-8-5-19(6-10(22-8)13(16,17)18)9(2)12(14,15)11-7-20-3-4-21-11/h8-11H,3-7H2,1-2H3. The molecule has 0 aromatic rings. The molecule has 2 rings (SSSR count). The quantitative estimate of drug-likeness (QED) is 0.740. The highest BCUT2D eigenvalue weighted by molar-refractivity contribution is 4.93. The highest BCUT2D eigenvalue weighted by Gasteiger charge is 2.53. The van der Waals surface area contributed by atoms with Crippen LogP contribution in [0.25, 0.3) is 0 Å². The van der Waals surface area contributed by atoms with Crippen LogP contribution in [0.15, 0.2) is 0 Å². The van der Waals surface area contributed by atoms with E-state index >= 15 is 0 Å². The summed E-state index contributed by atoms with van der Waals surface area (Å²) in [6.45, 7) is 2.08. The lowest BCUT2D eigenvalue weighted by Crippen LogP contribution is -2.61. The number of rotatable bonds is 3. The summed E-state index contributed by atoms with van der Waals surface area (Å²) in [4.78, 5) is 1.12. The molecule has 0 aromatic carbocycles. The van der Waals surface area contributed by atoms with Gasteiger partial charge >= 0.3 is 6.18 Å². The van der Waals surface area contributed by atoms with Gasteiger partial charge in [0.05, 0.1) is 32.0 Å². The number of halogens is 5. The number of nitrogens with zero attached hydrogens (tertiary/aromatic N) is 1. The maximum Gasteiger partial charge on any atom is 0.415 e. The van der Waals surface area contributed by atoms with Crippen LogP contribution in [-0.4, -0.2) is 74.3 Å². The fourth-order valence-corrected chi connectivity index (χ4v) is 2.70. The van der Waals surface area contributed by atoms with Crippen molar-refractivity contribution >= 4 is 0 Å². The molecule has 130 valence electrons. The smallest absolute Gasteiger partial charge is 0.376 e. The number of morpholine rings is 1. The Morgan fingerprint density at radius 3 is 2.27 bits per heavy atom. The zero-order chi connectivity index (χ0) is 16.5. The lowest BCUT2D eigenvalue weighted by Gasteiger charge is -2.44. The van der Waals surface area contributed by atoms with Crippen molar-refractivity contribution in [1.29, 1.82) is 0 Å². The summed E-state index contributed by atoms with van der Waals surface area (Å²) < 4.78 is 82.2. The Bertz CT molecular complexity index is 373. The molecule has 2 heterocycles. The summed E-state index contributed by atoms with van der Waals surface area (Å²) in [6, 6.07) is -1.41. The summed E-state index contributed by atoms with van der Waals surface area (Å²) in [5, 5.41) is 0. The molecule has 9 heteroatoms. The fraction of sp³-hybridized carbons (Fsp3) is 1.00. The molecule has 4 atom stereocenters. The minimum absolute atomic E-state index is 0.0108. The molecule has 0 radical (unpaired) electrons. The molecule has 0 N–H and O–H groups in total. The molecule has 0 aromatic heterocycles. The van der Waals surface area contributed by atoms with Crippen molar-refractivity contribution in [2.24, 2.45) is 0 Å². The molecule has 2 saturated heterocycles. The Morgan fingerprint density at radius 1 is 1.05 bits per heavy atom. The summed E-state index contributed by atoms with van der Waals surface area (Å²) in [6.07, 6.45) is -8.86. The van der Waals surface area contributed by atoms with Crippen molar-refractivity contribution < 1.29 is 36.2 Å². The molecule has 0 saturated carbocycles. The normalized spacial score (nSPS) is 33.7. The van der Waals surface area contributed by atoms with Gasteiger partial charge in [0.15, 0.2) is 6.10 Å². The van der Waals surface area contributed by atoms with Crippen LogP contribution >= 0.6 is 0 Å². The Kier molecular flexibility index (Phi) is 5.31. The molecule has 22 heavy (non-hydrogen) atoms. The van der Waals surface area contributed by atoms with Gasteiger partial charge in [-0.3, -0.25) is 4.90 Å². The highest BCUT2D eigenvalue weighted by Crippen LogP contribution is 2.34. The van der Waals surface area contributed by atoms with E-state index in [2.05, 4.69) is 0 Å². The van der Waals surface area contributed by atoms with Crippen molar-refractivity contribution in [1.82, 2.24) is 4.90 Å². The number of alkyl halides is 5. The first-order chi connectivity index (χ1) is 10.1. The number of hydrogen-bond acceptors (Lipinski definition) is 4. The molecule has 0 bridgehead atoms. The van der Waals surface area contributed by atoms with Gasteiger partial charge in [0.1, 0.15) is 6.10 Å². The topological polar surface area (TPSA) is 30.9 Å². The van der Waals surface area contributed by atoms with Gasteiger partial charge in [-0.05, 0) is 13.8 Å². The summed E-state index contributed by atoms with van der Waals surface area (Å²) in [7, 11) is 0. The van der Waals surface area contributed by atoms with E-state index in [0.29, 0.717) is 0 Å². The molecular formula is C13H20F5NO3. The molecule has 0 aliphatic carbocycles. The van der Waals surface area contributed by atoms with Gasteiger partial charge in [0.25, 0.3) is 5.92 Å². The molecule has 2 aliphatic heterocycles. The van der Waals surface area contributed by atoms with E-state index in [4.69, 9.17) is 14.2 Å².